The second-order valence-electron chi connectivity index (χ2n) is 7.10. The zero-order valence-electron chi connectivity index (χ0n) is 14.9. The summed E-state index contributed by atoms with van der Waals surface area (Å²) in [4.78, 5) is 21.8. The largest absolute Gasteiger partial charge is 0.394 e. The van der Waals surface area contributed by atoms with E-state index < -0.39 is 5.54 Å². The first-order chi connectivity index (χ1) is 12.6. The lowest BCUT2D eigenvalue weighted by atomic mass is 9.99. The van der Waals surface area contributed by atoms with Gasteiger partial charge in [0.05, 0.1) is 18.5 Å². The smallest absolute Gasteiger partial charge is 0.280 e. The molecule has 1 aromatic carbocycles. The number of rotatable bonds is 5. The first-order valence-electron chi connectivity index (χ1n) is 8.97. The van der Waals surface area contributed by atoms with E-state index in [9.17, 15) is 9.90 Å². The number of hydrogen-bond acceptors (Lipinski definition) is 5. The molecule has 0 aliphatic heterocycles. The van der Waals surface area contributed by atoms with E-state index in [4.69, 9.17) is 0 Å². The predicted molar refractivity (Wildman–Crippen MR) is 100 cm³/mol. The molecule has 0 atom stereocenters. The molecule has 2 heterocycles. The number of nitrogens with one attached hydrogen (secondary N) is 1. The Hall–Kier alpha value is -2.67. The molecule has 0 radical (unpaired) electrons. The normalized spacial score (nSPS) is 16.2. The first kappa shape index (κ1) is 16.8. The highest BCUT2D eigenvalue weighted by Gasteiger charge is 2.34. The van der Waals surface area contributed by atoms with Crippen LogP contribution in [0.4, 0.5) is 5.95 Å². The Labute approximate surface area is 151 Å². The zero-order chi connectivity index (χ0) is 18.1. The summed E-state index contributed by atoms with van der Waals surface area (Å²) >= 11 is 0. The number of aliphatic hydroxyl groups is 1. The molecule has 1 fully saturated rings. The van der Waals surface area contributed by atoms with Gasteiger partial charge in [0.1, 0.15) is 0 Å². The molecule has 0 saturated heterocycles. The minimum Gasteiger partial charge on any atom is -0.394 e. The van der Waals surface area contributed by atoms with Gasteiger partial charge in [-0.2, -0.15) is 4.98 Å². The van der Waals surface area contributed by atoms with Crippen LogP contribution in [0.15, 0.2) is 41.5 Å². The summed E-state index contributed by atoms with van der Waals surface area (Å²) in [6, 6.07) is 9.95. The lowest BCUT2D eigenvalue weighted by molar-refractivity contribution is 0.213. The number of hydrogen-bond donors (Lipinski definition) is 2. The maximum atomic E-state index is 12.9. The molecule has 0 bridgehead atoms. The van der Waals surface area contributed by atoms with Crippen molar-refractivity contribution in [1.82, 2.24) is 19.1 Å². The van der Waals surface area contributed by atoms with Crippen LogP contribution in [0.3, 0.4) is 0 Å². The van der Waals surface area contributed by atoms with E-state index in [1.165, 1.54) is 4.57 Å². The fourth-order valence-corrected chi connectivity index (χ4v) is 3.73. The molecule has 0 spiro atoms. The standard InChI is InChI=1S/C19H23N5O2/c1-23-17(26)15-16(20-13-24(15)11-14-7-3-2-4-8-14)21-18(23)22-19(12-25)9-5-6-10-19/h2-4,7-8,13,25H,5-6,9-12H2,1H3,(H,21,22). The van der Waals surface area contributed by atoms with Crippen molar-refractivity contribution >= 4 is 17.1 Å². The van der Waals surface area contributed by atoms with Gasteiger partial charge in [-0.1, -0.05) is 43.2 Å². The van der Waals surface area contributed by atoms with Gasteiger partial charge in [0.15, 0.2) is 11.2 Å². The van der Waals surface area contributed by atoms with E-state index in [1.54, 1.807) is 13.4 Å². The monoisotopic (exact) mass is 353 g/mol. The Bertz CT molecular complexity index is 971. The molecule has 3 aromatic rings. The number of imidazole rings is 1. The number of aliphatic hydroxyl groups excluding tert-OH is 1. The van der Waals surface area contributed by atoms with Crippen molar-refractivity contribution < 1.29 is 5.11 Å². The van der Waals surface area contributed by atoms with Crippen LogP contribution in [0.25, 0.3) is 11.2 Å². The summed E-state index contributed by atoms with van der Waals surface area (Å²) in [5.41, 5.74) is 1.49. The Balaban J connectivity index is 1.73. The molecule has 26 heavy (non-hydrogen) atoms. The van der Waals surface area contributed by atoms with Crippen molar-refractivity contribution in [1.29, 1.82) is 0 Å². The molecule has 7 nitrogen and oxygen atoms in total. The van der Waals surface area contributed by atoms with Gasteiger partial charge in [0, 0.05) is 13.6 Å². The van der Waals surface area contributed by atoms with Crippen molar-refractivity contribution in [2.75, 3.05) is 11.9 Å². The molecule has 1 aliphatic carbocycles. The van der Waals surface area contributed by atoms with Gasteiger partial charge in [-0.15, -0.1) is 0 Å². The molecular formula is C19H23N5O2. The van der Waals surface area contributed by atoms with Crippen molar-refractivity contribution in [3.8, 4) is 0 Å². The average molecular weight is 353 g/mol. The highest BCUT2D eigenvalue weighted by molar-refractivity contribution is 5.71. The summed E-state index contributed by atoms with van der Waals surface area (Å²) in [6.07, 6.45) is 5.54. The van der Waals surface area contributed by atoms with Crippen LogP contribution < -0.4 is 10.9 Å². The molecule has 136 valence electrons. The Morgan fingerprint density at radius 1 is 1.23 bits per heavy atom. The third-order valence-corrected chi connectivity index (χ3v) is 5.29. The summed E-state index contributed by atoms with van der Waals surface area (Å²) < 4.78 is 3.35. The van der Waals surface area contributed by atoms with Crippen molar-refractivity contribution in [2.24, 2.45) is 7.05 Å². The van der Waals surface area contributed by atoms with Gasteiger partial charge < -0.3 is 15.0 Å². The highest BCUT2D eigenvalue weighted by Crippen LogP contribution is 2.32. The Kier molecular flexibility index (Phi) is 4.24. The highest BCUT2D eigenvalue weighted by atomic mass is 16.3. The number of aromatic nitrogens is 4. The zero-order valence-corrected chi connectivity index (χ0v) is 14.9. The molecule has 0 amide bonds. The molecule has 2 aromatic heterocycles. The minimum atomic E-state index is -0.391. The SMILES string of the molecule is Cn1c(NC2(CO)CCCC2)nc2ncn(Cc3ccccc3)c2c1=O. The molecule has 7 heteroatoms. The first-order valence-corrected chi connectivity index (χ1v) is 8.97. The number of nitrogens with zero attached hydrogens (tertiary/aromatic N) is 4. The maximum absolute atomic E-state index is 12.9. The van der Waals surface area contributed by atoms with E-state index in [1.807, 2.05) is 34.9 Å². The quantitative estimate of drug-likeness (QED) is 0.732. The second-order valence-corrected chi connectivity index (χ2v) is 7.10. The number of fused-ring (bicyclic) bond motifs is 1. The molecular weight excluding hydrogens is 330 g/mol. The lowest BCUT2D eigenvalue weighted by Crippen LogP contribution is -2.41. The summed E-state index contributed by atoms with van der Waals surface area (Å²) in [5.74, 6) is 0.461. The van der Waals surface area contributed by atoms with Crippen LogP contribution in [0, 0.1) is 0 Å². The van der Waals surface area contributed by atoms with E-state index in [2.05, 4.69) is 15.3 Å². The lowest BCUT2D eigenvalue weighted by Gasteiger charge is -2.29. The summed E-state index contributed by atoms with van der Waals surface area (Å²) in [7, 11) is 1.71. The van der Waals surface area contributed by atoms with Crippen molar-refractivity contribution in [3.63, 3.8) is 0 Å². The van der Waals surface area contributed by atoms with Gasteiger partial charge in [-0.3, -0.25) is 9.36 Å². The van der Waals surface area contributed by atoms with Gasteiger partial charge in [-0.25, -0.2) is 4.98 Å². The number of benzene rings is 1. The van der Waals surface area contributed by atoms with Crippen LogP contribution in [-0.2, 0) is 13.6 Å². The van der Waals surface area contributed by atoms with Crippen molar-refractivity contribution in [3.05, 3.63) is 52.6 Å². The van der Waals surface area contributed by atoms with Crippen LogP contribution in [0.1, 0.15) is 31.2 Å². The van der Waals surface area contributed by atoms with E-state index in [0.29, 0.717) is 23.7 Å². The summed E-state index contributed by atoms with van der Waals surface area (Å²) in [5, 5.41) is 13.1. The van der Waals surface area contributed by atoms with Gasteiger partial charge >= 0.3 is 0 Å². The summed E-state index contributed by atoms with van der Waals surface area (Å²) in [6.45, 7) is 0.602. The second kappa shape index (κ2) is 6.57. The minimum absolute atomic E-state index is 0.0311. The van der Waals surface area contributed by atoms with Gasteiger partial charge in [-0.05, 0) is 18.4 Å². The third kappa shape index (κ3) is 2.88. The van der Waals surface area contributed by atoms with E-state index >= 15 is 0 Å². The average Bonchev–Trinajstić information content (AvgIpc) is 3.28. The Morgan fingerprint density at radius 3 is 2.65 bits per heavy atom. The fourth-order valence-electron chi connectivity index (χ4n) is 3.73. The van der Waals surface area contributed by atoms with E-state index in [0.717, 1.165) is 31.2 Å². The third-order valence-electron chi connectivity index (χ3n) is 5.29. The molecule has 1 aliphatic rings. The fraction of sp³-hybridized carbons (Fsp3) is 0.421. The topological polar surface area (TPSA) is 85.0 Å². The molecule has 2 N–H and O–H groups in total. The Morgan fingerprint density at radius 2 is 1.96 bits per heavy atom. The van der Waals surface area contributed by atoms with Crippen LogP contribution in [0.2, 0.25) is 0 Å². The van der Waals surface area contributed by atoms with Crippen molar-refractivity contribution in [2.45, 2.75) is 37.8 Å². The number of anilines is 1. The molecule has 0 unspecified atom stereocenters. The van der Waals surface area contributed by atoms with Gasteiger partial charge in [0.25, 0.3) is 5.56 Å². The van der Waals surface area contributed by atoms with Crippen LogP contribution in [-0.4, -0.2) is 36.4 Å². The van der Waals surface area contributed by atoms with Crippen LogP contribution in [0.5, 0.6) is 0 Å². The maximum Gasteiger partial charge on any atom is 0.280 e. The van der Waals surface area contributed by atoms with E-state index in [-0.39, 0.29) is 12.2 Å². The predicted octanol–water partition coefficient (Wildman–Crippen LogP) is 1.90. The molecule has 4 rings (SSSR count). The van der Waals surface area contributed by atoms with Crippen LogP contribution >= 0.6 is 0 Å². The molecule has 1 saturated carbocycles. The van der Waals surface area contributed by atoms with Gasteiger partial charge in [0.2, 0.25) is 5.95 Å².